The van der Waals surface area contributed by atoms with Crippen LogP contribution in [0, 0.1) is 6.92 Å². The van der Waals surface area contributed by atoms with Crippen molar-refractivity contribution in [3.63, 3.8) is 0 Å². The molecule has 0 bridgehead atoms. The molecule has 0 fully saturated rings. The Morgan fingerprint density at radius 2 is 1.73 bits per heavy atom. The lowest BCUT2D eigenvalue weighted by Gasteiger charge is -2.12. The summed E-state index contributed by atoms with van der Waals surface area (Å²) in [5.74, 6) is 0.0251. The molecule has 5 nitrogen and oxygen atoms in total. The summed E-state index contributed by atoms with van der Waals surface area (Å²) in [7, 11) is -0.121. The number of hydrogen-bond acceptors (Lipinski definition) is 4. The highest BCUT2D eigenvalue weighted by Gasteiger charge is 2.14. The average Bonchev–Trinajstić information content (AvgIpc) is 2.46. The number of pyridine rings is 1. The second-order valence-electron chi connectivity index (χ2n) is 5.39. The Labute approximate surface area is 132 Å². The van der Waals surface area contributed by atoms with Gasteiger partial charge < -0.3 is 5.32 Å². The maximum atomic E-state index is 11.8. The summed E-state index contributed by atoms with van der Waals surface area (Å²) < 4.78 is 24.9. The number of nitrogens with one attached hydrogen (secondary N) is 1. The minimum absolute atomic E-state index is 0.0251. The second-order valence-corrected chi connectivity index (χ2v) is 7.58. The Morgan fingerprint density at radius 3 is 2.32 bits per heavy atom. The van der Waals surface area contributed by atoms with Crippen LogP contribution in [-0.2, 0) is 22.3 Å². The Hall–Kier alpha value is -1.92. The number of sulfonamides is 1. The van der Waals surface area contributed by atoms with E-state index in [1.165, 1.54) is 4.31 Å². The Kier molecular flexibility index (Phi) is 5.15. The Morgan fingerprint density at radius 1 is 1.09 bits per heavy atom. The van der Waals surface area contributed by atoms with Gasteiger partial charge in [-0.2, -0.15) is 0 Å². The maximum Gasteiger partial charge on any atom is 0.217 e. The summed E-state index contributed by atoms with van der Waals surface area (Å²) in [6.45, 7) is 2.63. The van der Waals surface area contributed by atoms with E-state index >= 15 is 0 Å². The molecule has 2 rings (SSSR count). The van der Waals surface area contributed by atoms with Crippen LogP contribution < -0.4 is 5.32 Å². The maximum absolute atomic E-state index is 11.8. The van der Waals surface area contributed by atoms with Gasteiger partial charge in [-0.05, 0) is 30.2 Å². The average molecular weight is 319 g/mol. The fourth-order valence-electron chi connectivity index (χ4n) is 1.95. The molecule has 6 heteroatoms. The van der Waals surface area contributed by atoms with Gasteiger partial charge in [-0.1, -0.05) is 24.3 Å². The molecule has 0 atom stereocenters. The van der Waals surface area contributed by atoms with E-state index in [9.17, 15) is 8.42 Å². The molecule has 0 aliphatic rings. The van der Waals surface area contributed by atoms with Gasteiger partial charge in [0.25, 0.3) is 0 Å². The largest absolute Gasteiger partial charge is 0.381 e. The van der Waals surface area contributed by atoms with Crippen molar-refractivity contribution >= 4 is 15.7 Å². The zero-order chi connectivity index (χ0) is 16.2. The molecular formula is C16H21N3O2S. The quantitative estimate of drug-likeness (QED) is 0.888. The van der Waals surface area contributed by atoms with Gasteiger partial charge in [0.1, 0.15) is 0 Å². The molecule has 2 aromatic rings. The van der Waals surface area contributed by atoms with Crippen molar-refractivity contribution in [3.05, 3.63) is 59.4 Å². The molecule has 0 aliphatic heterocycles. The third kappa shape index (κ3) is 4.54. The topological polar surface area (TPSA) is 62.3 Å². The normalized spacial score (nSPS) is 11.6. The molecule has 0 spiro atoms. The van der Waals surface area contributed by atoms with Gasteiger partial charge in [-0.15, -0.1) is 0 Å². The predicted octanol–water partition coefficient (Wildman–Crippen LogP) is 2.39. The van der Waals surface area contributed by atoms with E-state index in [0.717, 1.165) is 22.5 Å². The Bertz CT molecular complexity index is 725. The molecular weight excluding hydrogens is 298 g/mol. The fourth-order valence-corrected chi connectivity index (χ4v) is 2.82. The molecule has 0 unspecified atom stereocenters. The van der Waals surface area contributed by atoms with Crippen molar-refractivity contribution in [2.75, 3.05) is 19.4 Å². The molecule has 1 heterocycles. The summed E-state index contributed by atoms with van der Waals surface area (Å²) in [5.41, 5.74) is 3.87. The highest BCUT2D eigenvalue weighted by Crippen LogP contribution is 2.13. The van der Waals surface area contributed by atoms with Crippen molar-refractivity contribution in [1.29, 1.82) is 0 Å². The molecule has 1 aromatic heterocycles. The molecule has 0 radical (unpaired) electrons. The molecule has 0 aliphatic carbocycles. The Balaban J connectivity index is 1.98. The van der Waals surface area contributed by atoms with Crippen molar-refractivity contribution in [1.82, 2.24) is 9.29 Å². The summed E-state index contributed by atoms with van der Waals surface area (Å²) in [6.07, 6.45) is 1.77. The number of hydrogen-bond donors (Lipinski definition) is 1. The van der Waals surface area contributed by atoms with Crippen LogP contribution in [0.5, 0.6) is 0 Å². The van der Waals surface area contributed by atoms with Crippen LogP contribution in [0.1, 0.15) is 16.8 Å². The SMILES string of the molecule is Cc1cc(NCc2ccc(CS(=O)(=O)N(C)C)cc2)ccn1. The molecule has 0 amide bonds. The van der Waals surface area contributed by atoms with Gasteiger partial charge in [0.15, 0.2) is 0 Å². The van der Waals surface area contributed by atoms with Crippen molar-refractivity contribution in [2.24, 2.45) is 0 Å². The smallest absolute Gasteiger partial charge is 0.217 e. The van der Waals surface area contributed by atoms with Crippen molar-refractivity contribution < 1.29 is 8.42 Å². The first-order chi connectivity index (χ1) is 10.4. The summed E-state index contributed by atoms with van der Waals surface area (Å²) in [4.78, 5) is 4.15. The highest BCUT2D eigenvalue weighted by atomic mass is 32.2. The number of nitrogens with zero attached hydrogens (tertiary/aromatic N) is 2. The number of anilines is 1. The highest BCUT2D eigenvalue weighted by molar-refractivity contribution is 7.88. The predicted molar refractivity (Wildman–Crippen MR) is 89.1 cm³/mol. The van der Waals surface area contributed by atoms with Gasteiger partial charge in [0, 0.05) is 38.2 Å². The van der Waals surface area contributed by atoms with Gasteiger partial charge >= 0.3 is 0 Å². The van der Waals surface area contributed by atoms with Crippen LogP contribution in [-0.4, -0.2) is 31.8 Å². The molecule has 118 valence electrons. The summed E-state index contributed by atoms with van der Waals surface area (Å²) in [6, 6.07) is 11.5. The van der Waals surface area contributed by atoms with Crippen LogP contribution in [0.3, 0.4) is 0 Å². The molecule has 0 saturated carbocycles. The van der Waals surface area contributed by atoms with E-state index in [2.05, 4.69) is 10.3 Å². The van der Waals surface area contributed by atoms with Gasteiger partial charge in [0.05, 0.1) is 5.75 Å². The number of aryl methyl sites for hydroxylation is 1. The van der Waals surface area contributed by atoms with E-state index in [4.69, 9.17) is 0 Å². The van der Waals surface area contributed by atoms with Crippen LogP contribution in [0.4, 0.5) is 5.69 Å². The van der Waals surface area contributed by atoms with Crippen LogP contribution in [0.25, 0.3) is 0 Å². The first kappa shape index (κ1) is 16.5. The van der Waals surface area contributed by atoms with Crippen LogP contribution >= 0.6 is 0 Å². The number of benzene rings is 1. The zero-order valence-electron chi connectivity index (χ0n) is 13.1. The summed E-state index contributed by atoms with van der Waals surface area (Å²) >= 11 is 0. The monoisotopic (exact) mass is 319 g/mol. The lowest BCUT2D eigenvalue weighted by molar-refractivity contribution is 0.519. The third-order valence-electron chi connectivity index (χ3n) is 3.32. The zero-order valence-corrected chi connectivity index (χ0v) is 13.9. The second kappa shape index (κ2) is 6.89. The van der Waals surface area contributed by atoms with Crippen molar-refractivity contribution in [3.8, 4) is 0 Å². The summed E-state index contributed by atoms with van der Waals surface area (Å²) in [5, 5.41) is 3.32. The minimum atomic E-state index is -3.21. The minimum Gasteiger partial charge on any atom is -0.381 e. The van der Waals surface area contributed by atoms with E-state index in [1.54, 1.807) is 20.3 Å². The van der Waals surface area contributed by atoms with Gasteiger partial charge in [-0.3, -0.25) is 4.98 Å². The van der Waals surface area contributed by atoms with Crippen molar-refractivity contribution in [2.45, 2.75) is 19.2 Å². The molecule has 1 aromatic carbocycles. The van der Waals surface area contributed by atoms with E-state index in [1.807, 2.05) is 43.3 Å². The van der Waals surface area contributed by atoms with Crippen LogP contribution in [0.15, 0.2) is 42.6 Å². The van der Waals surface area contributed by atoms with Crippen LogP contribution in [0.2, 0.25) is 0 Å². The first-order valence-corrected chi connectivity index (χ1v) is 8.62. The van der Waals surface area contributed by atoms with Gasteiger partial charge in [0.2, 0.25) is 10.0 Å². The van der Waals surface area contributed by atoms with E-state index in [0.29, 0.717) is 6.54 Å². The first-order valence-electron chi connectivity index (χ1n) is 7.01. The number of rotatable bonds is 6. The number of aromatic nitrogens is 1. The molecule has 0 saturated heterocycles. The fraction of sp³-hybridized carbons (Fsp3) is 0.312. The standard InChI is InChI=1S/C16H21N3O2S/c1-13-10-16(8-9-17-13)18-11-14-4-6-15(7-5-14)12-22(20,21)19(2)3/h4-10H,11-12H2,1-3H3,(H,17,18). The van der Waals surface area contributed by atoms with E-state index in [-0.39, 0.29) is 5.75 Å². The molecule has 1 N–H and O–H groups in total. The third-order valence-corrected chi connectivity index (χ3v) is 5.13. The van der Waals surface area contributed by atoms with Gasteiger partial charge in [-0.25, -0.2) is 12.7 Å². The van der Waals surface area contributed by atoms with E-state index < -0.39 is 10.0 Å². The molecule has 22 heavy (non-hydrogen) atoms. The lowest BCUT2D eigenvalue weighted by atomic mass is 10.1. The lowest BCUT2D eigenvalue weighted by Crippen LogP contribution is -2.23.